The summed E-state index contributed by atoms with van der Waals surface area (Å²) in [7, 11) is -0.633. The Hall–Kier alpha value is -11.8. The average molecular weight is 1930 g/mol. The van der Waals surface area contributed by atoms with Crippen LogP contribution >= 0.6 is 15.9 Å². The lowest BCUT2D eigenvalue weighted by Crippen LogP contribution is -2.43. The van der Waals surface area contributed by atoms with Crippen LogP contribution in [0.25, 0.3) is 33.8 Å². The molecule has 1 saturated heterocycles. The monoisotopic (exact) mass is 1920 g/mol. The fourth-order valence-corrected chi connectivity index (χ4v) is 16.9. The number of pyridine rings is 2. The number of carbonyl (C=O) groups excluding carboxylic acids is 7. The summed E-state index contributed by atoms with van der Waals surface area (Å²) in [6, 6.07) is 37.3. The second-order valence-electron chi connectivity index (χ2n) is 33.7. The molecule has 5 aromatic heterocycles. The summed E-state index contributed by atoms with van der Waals surface area (Å²) in [6.45, 7) is 20.3. The first-order valence-electron chi connectivity index (χ1n) is 42.6. The molecule has 4 aromatic carbocycles. The van der Waals surface area contributed by atoms with Crippen LogP contribution in [-0.4, -0.2) is 156 Å². The molecule has 38 heteroatoms. The molecule has 0 saturated carbocycles. The number of hydrogen-bond donors (Lipinski definition) is 3. The molecular formula is C95H102BBrF12N10O14. The van der Waals surface area contributed by atoms with Crippen molar-refractivity contribution in [3.63, 3.8) is 0 Å². The first kappa shape index (κ1) is 105. The van der Waals surface area contributed by atoms with Gasteiger partial charge in [-0.25, -0.2) is 0 Å². The number of benzene rings is 4. The largest absolute Gasteiger partial charge is 0.494 e. The van der Waals surface area contributed by atoms with Gasteiger partial charge in [0.2, 0.25) is 0 Å². The molecule has 14 rings (SSSR count). The van der Waals surface area contributed by atoms with Crippen molar-refractivity contribution in [2.24, 2.45) is 21.7 Å². The van der Waals surface area contributed by atoms with E-state index in [0.29, 0.717) is 77.7 Å². The molecule has 710 valence electrons. The molecule has 4 aliphatic carbocycles. The number of ether oxygens (including phenoxy) is 3. The smallest absolute Gasteiger partial charge is 0.481 e. The highest BCUT2D eigenvalue weighted by Crippen LogP contribution is 2.52. The second kappa shape index (κ2) is 43.0. The van der Waals surface area contributed by atoms with Gasteiger partial charge in [0, 0.05) is 50.3 Å². The number of alkyl halides is 12. The van der Waals surface area contributed by atoms with Gasteiger partial charge in [0.1, 0.15) is 4.60 Å². The number of anilines is 4. The van der Waals surface area contributed by atoms with Gasteiger partial charge in [-0.3, -0.25) is 48.3 Å². The van der Waals surface area contributed by atoms with Gasteiger partial charge in [-0.2, -0.15) is 52.7 Å². The van der Waals surface area contributed by atoms with E-state index in [1.165, 1.54) is 24.3 Å². The number of ketones is 4. The minimum atomic E-state index is -4.65. The Bertz CT molecular complexity index is 5660. The van der Waals surface area contributed by atoms with Crippen LogP contribution in [-0.2, 0) is 68.4 Å². The van der Waals surface area contributed by atoms with E-state index in [4.69, 9.17) is 23.5 Å². The summed E-state index contributed by atoms with van der Waals surface area (Å²) in [5, 5.41) is 40.1. The summed E-state index contributed by atoms with van der Waals surface area (Å²) >= 11 is 3.21. The molecule has 4 atom stereocenters. The molecule has 1 fully saturated rings. The molecule has 9 aromatic rings. The Balaban J connectivity index is 0.000000198. The second-order valence-corrected chi connectivity index (χ2v) is 34.5. The number of carboxylic acids is 1. The molecule has 24 nitrogen and oxygen atoms in total. The highest BCUT2D eigenvalue weighted by molar-refractivity contribution is 9.10. The molecule has 0 amide bonds. The van der Waals surface area contributed by atoms with Crippen molar-refractivity contribution in [2.75, 3.05) is 30.5 Å². The number of aliphatic carboxylic acids is 1. The number of Topliss-reactive ketones (excluding diaryl/α,β-unsaturated/α-hetero) is 4. The van der Waals surface area contributed by atoms with Gasteiger partial charge in [-0.05, 0) is 236 Å². The zero-order chi connectivity index (χ0) is 96.9. The van der Waals surface area contributed by atoms with E-state index in [-0.39, 0.29) is 101 Å². The predicted molar refractivity (Wildman–Crippen MR) is 474 cm³/mol. The summed E-state index contributed by atoms with van der Waals surface area (Å²) in [6.07, 6.45) is -22.8. The van der Waals surface area contributed by atoms with Crippen LogP contribution in [0.2, 0.25) is 0 Å². The summed E-state index contributed by atoms with van der Waals surface area (Å²) in [4.78, 5) is 108. The number of nitrogens with zero attached hydrogens (tertiary/aromatic N) is 8. The Kier molecular flexibility index (Phi) is 34.0. The normalized spacial score (nSPS) is 19.2. The molecule has 1 aliphatic heterocycles. The third-order valence-corrected chi connectivity index (χ3v) is 24.0. The van der Waals surface area contributed by atoms with Crippen molar-refractivity contribution in [1.82, 2.24) is 40.6 Å². The molecule has 3 N–H and O–H groups in total. The maximum absolute atomic E-state index is 13.4. The number of aromatic nitrogens is 8. The van der Waals surface area contributed by atoms with Crippen molar-refractivity contribution < 1.29 is 120 Å². The van der Waals surface area contributed by atoms with E-state index in [1.54, 1.807) is 118 Å². The molecule has 4 unspecified atom stereocenters. The fraction of sp³-hybridized carbons (Fsp3) is 0.432. The quantitative estimate of drug-likeness (QED) is 0.0232. The van der Waals surface area contributed by atoms with Crippen molar-refractivity contribution in [2.45, 2.75) is 222 Å². The van der Waals surface area contributed by atoms with E-state index < -0.39 is 163 Å². The molecular weight excluding hydrogens is 1820 g/mol. The van der Waals surface area contributed by atoms with Crippen LogP contribution in [0.1, 0.15) is 222 Å². The summed E-state index contributed by atoms with van der Waals surface area (Å²) < 4.78 is 187. The summed E-state index contributed by atoms with van der Waals surface area (Å²) in [5.41, 5.74) is 2.31. The topological polar surface area (TPSA) is 330 Å². The fourth-order valence-electron chi connectivity index (χ4n) is 16.6. The van der Waals surface area contributed by atoms with Crippen LogP contribution < -0.4 is 16.1 Å². The van der Waals surface area contributed by atoms with Gasteiger partial charge < -0.3 is 39.3 Å². The molecule has 133 heavy (non-hydrogen) atoms. The highest BCUT2D eigenvalue weighted by atomic mass is 79.9. The number of fused-ring (bicyclic) bond motifs is 4. The van der Waals surface area contributed by atoms with Crippen LogP contribution in [0, 0.1) is 35.5 Å². The van der Waals surface area contributed by atoms with Gasteiger partial charge >= 0.3 is 55.7 Å². The lowest BCUT2D eigenvalue weighted by molar-refractivity contribution is -0.163. The average Bonchev–Trinajstić information content (AvgIpc) is 1.48. The lowest BCUT2D eigenvalue weighted by atomic mass is 9.65. The minimum absolute atomic E-state index is 0. The van der Waals surface area contributed by atoms with Crippen LogP contribution in [0.5, 0.6) is 0 Å². The van der Waals surface area contributed by atoms with Gasteiger partial charge in [0.05, 0.1) is 145 Å². The number of rotatable bonds is 23. The van der Waals surface area contributed by atoms with Crippen LogP contribution in [0.15, 0.2) is 150 Å². The minimum Gasteiger partial charge on any atom is -0.481 e. The van der Waals surface area contributed by atoms with E-state index in [2.05, 4.69) is 67.1 Å². The van der Waals surface area contributed by atoms with Gasteiger partial charge in [-0.15, -0.1) is 30.6 Å². The van der Waals surface area contributed by atoms with E-state index in [1.807, 2.05) is 79.7 Å². The Morgan fingerprint density at radius 3 is 0.992 bits per heavy atom. The van der Waals surface area contributed by atoms with Crippen molar-refractivity contribution in [3.8, 4) is 33.8 Å². The highest BCUT2D eigenvalue weighted by Gasteiger charge is 2.57. The Morgan fingerprint density at radius 2 is 0.722 bits per heavy atom. The molecule has 0 spiro atoms. The lowest BCUT2D eigenvalue weighted by Gasteiger charge is -2.36. The van der Waals surface area contributed by atoms with E-state index in [0.717, 1.165) is 22.8 Å². The number of nitrogens with one attached hydrogen (secondary N) is 2. The summed E-state index contributed by atoms with van der Waals surface area (Å²) in [5.74, 6) is -5.59. The number of carboxylic acid groups (broad SMARTS) is 1. The van der Waals surface area contributed by atoms with Crippen molar-refractivity contribution in [1.29, 1.82) is 0 Å². The maximum atomic E-state index is 13.4. The van der Waals surface area contributed by atoms with E-state index in [9.17, 15) is 96.1 Å². The first-order chi connectivity index (χ1) is 62.0. The standard InChI is InChI=1S/C26H25F3N4O3.C24H21F3N4O3.C22H28BF3O5.C20H18BrF3N2O3.C2H6.CH4/c1-3-36-23(34)13-25(15-26(27,28)29)11-10-17-12-18(5-7-20(17)24(25)35)21-8-9-22(33-32-21)31-19-6-4-16(2)30-14-19;1-14-2-4-17(12-28-14)29-20-7-6-19(30-31-20)16-3-5-18-15(10-16)8-9-23(22(18)34,11-21(32)33)13-24(25,26)27;1-6-29-17(27)12-21(13-22(24,25)26)10-9-14-11-15(7-8-16(14)18(21)28)23-30-19(2,3)20(4,5)31-23;1-2-29-17(27)10-19(11-20(22,23)24)8-7-12-9-13(3-4-14(12)18(19)28)15-5-6-16(21)26-25-15;1-2;/h4-9,12,14H,3,10-11,13,15H2,1-2H3,(H,31,33);2-7,10,12H,8-9,11,13H2,1H3,(H,29,31)(H,32,33);7-8,11H,6,9-10,12-13H2,1-5H3;3-6,9H,2,7-8,10-11H2,1H3;1-2H3;1H4. The van der Waals surface area contributed by atoms with Crippen LogP contribution in [0.4, 0.5) is 75.7 Å². The SMILES string of the molecule is C.CC.CCOC(=O)CC1(CC(F)(F)F)CCc2cc(-c3ccc(Br)nn3)ccc2C1=O.CCOC(=O)CC1(CC(F)(F)F)CCc2cc(-c3ccc(Nc4ccc(C)nc4)nn3)ccc2C1=O.CCOC(=O)CC1(CC(F)(F)F)CCc2cc(B3OC(C)(C)C(C)(C)O3)ccc2C1=O.Cc1ccc(Nc2ccc(-c3ccc4c(c3)CCC(CC(=O)O)(CC(F)(F)F)C4=O)nn2)cn1. The predicted octanol–water partition coefficient (Wildman–Crippen LogP) is 21.3. The number of carbonyl (C=O) groups is 8. The molecule has 6 heterocycles. The number of esters is 3. The van der Waals surface area contributed by atoms with Gasteiger partial charge in [-0.1, -0.05) is 75.9 Å². The van der Waals surface area contributed by atoms with Crippen molar-refractivity contribution in [3.05, 3.63) is 206 Å². The van der Waals surface area contributed by atoms with Gasteiger partial charge in [0.25, 0.3) is 0 Å². The third kappa shape index (κ3) is 26.8. The van der Waals surface area contributed by atoms with Crippen LogP contribution in [0.3, 0.4) is 0 Å². The van der Waals surface area contributed by atoms with E-state index >= 15 is 0 Å². The van der Waals surface area contributed by atoms with Crippen molar-refractivity contribution >= 4 is 98.5 Å². The number of aryl methyl sites for hydroxylation is 6. The number of halogens is 13. The zero-order valence-electron chi connectivity index (χ0n) is 74.1. The molecule has 5 aliphatic rings. The van der Waals surface area contributed by atoms with Gasteiger partial charge in [0.15, 0.2) is 34.8 Å². The zero-order valence-corrected chi connectivity index (χ0v) is 75.7. The first-order valence-corrected chi connectivity index (χ1v) is 43.3. The molecule has 0 bridgehead atoms. The Labute approximate surface area is 769 Å². The Morgan fingerprint density at radius 1 is 0.421 bits per heavy atom. The number of hydrogen-bond acceptors (Lipinski definition) is 23. The molecule has 0 radical (unpaired) electrons. The maximum Gasteiger partial charge on any atom is 0.494 e. The third-order valence-electron chi connectivity index (χ3n) is 23.6.